The predicted molar refractivity (Wildman–Crippen MR) is 83.7 cm³/mol. The molecule has 26 heavy (non-hydrogen) atoms. The Morgan fingerprint density at radius 2 is 2.04 bits per heavy atom. The fourth-order valence-electron chi connectivity index (χ4n) is 3.64. The van der Waals surface area contributed by atoms with E-state index in [0.29, 0.717) is 11.8 Å². The molecule has 0 spiro atoms. The molecule has 1 aliphatic heterocycles. The SMILES string of the molecule is C[C@@H](F)c1c(F)cc(F)cc1[C@@H]1C(C(=O)O)=C(CF)NC2=C1C(=O)CC2. The highest BCUT2D eigenvalue weighted by atomic mass is 19.1. The zero-order valence-corrected chi connectivity index (χ0v) is 13.7. The molecule has 4 nitrogen and oxygen atoms in total. The van der Waals surface area contributed by atoms with Gasteiger partial charge in [-0.05, 0) is 25.0 Å². The molecule has 2 N–H and O–H groups in total. The third kappa shape index (κ3) is 2.79. The molecule has 3 rings (SSSR count). The molecule has 2 aliphatic rings. The van der Waals surface area contributed by atoms with Crippen LogP contribution in [0.5, 0.6) is 0 Å². The van der Waals surface area contributed by atoms with Gasteiger partial charge in [-0.3, -0.25) is 4.79 Å². The van der Waals surface area contributed by atoms with Gasteiger partial charge in [0.15, 0.2) is 5.78 Å². The number of ketones is 1. The number of alkyl halides is 2. The van der Waals surface area contributed by atoms with E-state index in [1.165, 1.54) is 0 Å². The lowest BCUT2D eigenvalue weighted by Crippen LogP contribution is -2.31. The van der Waals surface area contributed by atoms with E-state index in [4.69, 9.17) is 0 Å². The molecular formula is C18H15F4NO3. The molecule has 138 valence electrons. The molecule has 0 fully saturated rings. The Balaban J connectivity index is 2.35. The number of carbonyl (C=O) groups is 2. The van der Waals surface area contributed by atoms with Crippen molar-refractivity contribution in [2.45, 2.75) is 31.9 Å². The van der Waals surface area contributed by atoms with Crippen LogP contribution in [-0.4, -0.2) is 23.5 Å². The maximum Gasteiger partial charge on any atom is 0.334 e. The number of aliphatic carboxylic acids is 1. The number of hydrogen-bond donors (Lipinski definition) is 2. The molecule has 1 aromatic rings. The second-order valence-electron chi connectivity index (χ2n) is 6.21. The summed E-state index contributed by atoms with van der Waals surface area (Å²) in [6.45, 7) is -0.158. The first kappa shape index (κ1) is 18.2. The van der Waals surface area contributed by atoms with E-state index in [9.17, 15) is 32.3 Å². The minimum absolute atomic E-state index is 0.00787. The molecule has 0 aromatic heterocycles. The summed E-state index contributed by atoms with van der Waals surface area (Å²) >= 11 is 0. The number of carboxylic acids is 1. The first-order valence-corrected chi connectivity index (χ1v) is 7.94. The number of Topliss-reactive ketones (excluding diaryl/α,β-unsaturated/α-hetero) is 1. The number of nitrogens with one attached hydrogen (secondary N) is 1. The standard InChI is InChI=1S/C18H15F4NO3/c1-7(20)14-9(4-8(21)5-10(14)22)15-16-11(2-3-13(16)24)23-12(6-19)17(15)18(25)26/h4-5,7,15,23H,2-3,6H2,1H3,(H,25,26)/t7-,15+/m1/s1. The Morgan fingerprint density at radius 1 is 1.35 bits per heavy atom. The van der Waals surface area contributed by atoms with Crippen LogP contribution in [0.3, 0.4) is 0 Å². The van der Waals surface area contributed by atoms with E-state index in [1.807, 2.05) is 0 Å². The highest BCUT2D eigenvalue weighted by molar-refractivity contribution is 6.04. The molecule has 1 aromatic carbocycles. The smallest absolute Gasteiger partial charge is 0.334 e. The van der Waals surface area contributed by atoms with Gasteiger partial charge in [0.05, 0.1) is 11.3 Å². The third-order valence-corrected chi connectivity index (χ3v) is 4.63. The van der Waals surface area contributed by atoms with E-state index in [0.717, 1.165) is 13.0 Å². The van der Waals surface area contributed by atoms with E-state index >= 15 is 0 Å². The first-order valence-electron chi connectivity index (χ1n) is 7.94. The summed E-state index contributed by atoms with van der Waals surface area (Å²) in [6, 6.07) is 1.29. The van der Waals surface area contributed by atoms with Crippen LogP contribution in [-0.2, 0) is 9.59 Å². The van der Waals surface area contributed by atoms with Crippen molar-refractivity contribution in [3.05, 3.63) is 57.4 Å². The molecule has 0 bridgehead atoms. The molecule has 1 heterocycles. The molecule has 2 atom stereocenters. The van der Waals surface area contributed by atoms with Crippen molar-refractivity contribution in [3.8, 4) is 0 Å². The molecule has 0 saturated carbocycles. The number of benzene rings is 1. The topological polar surface area (TPSA) is 66.4 Å². The molecule has 1 aliphatic carbocycles. The Kier molecular flexibility index (Phi) is 4.60. The Hall–Kier alpha value is -2.64. The Morgan fingerprint density at radius 3 is 2.62 bits per heavy atom. The van der Waals surface area contributed by atoms with Crippen molar-refractivity contribution in [1.82, 2.24) is 5.32 Å². The van der Waals surface area contributed by atoms with Gasteiger partial charge in [0.2, 0.25) is 0 Å². The largest absolute Gasteiger partial charge is 0.478 e. The highest BCUT2D eigenvalue weighted by Crippen LogP contribution is 2.46. The van der Waals surface area contributed by atoms with Gasteiger partial charge < -0.3 is 10.4 Å². The monoisotopic (exact) mass is 369 g/mol. The molecule has 0 saturated heterocycles. The Labute approximate surface area is 146 Å². The van der Waals surface area contributed by atoms with Gasteiger partial charge in [0.1, 0.15) is 24.5 Å². The van der Waals surface area contributed by atoms with Crippen molar-refractivity contribution in [2.75, 3.05) is 6.67 Å². The minimum atomic E-state index is -1.88. The molecule has 8 heteroatoms. The van der Waals surface area contributed by atoms with E-state index in [2.05, 4.69) is 5.32 Å². The number of carboxylic acid groups (broad SMARTS) is 1. The van der Waals surface area contributed by atoms with Gasteiger partial charge in [-0.25, -0.2) is 22.4 Å². The van der Waals surface area contributed by atoms with Gasteiger partial charge in [-0.15, -0.1) is 0 Å². The zero-order valence-electron chi connectivity index (χ0n) is 13.7. The number of dihydropyridines is 1. The lowest BCUT2D eigenvalue weighted by molar-refractivity contribution is -0.133. The summed E-state index contributed by atoms with van der Waals surface area (Å²) in [5.74, 6) is -5.64. The quantitative estimate of drug-likeness (QED) is 0.796. The number of halogens is 4. The second-order valence-corrected chi connectivity index (χ2v) is 6.21. The third-order valence-electron chi connectivity index (χ3n) is 4.63. The maximum atomic E-state index is 14.2. The van der Waals surface area contributed by atoms with Gasteiger partial charge in [0.25, 0.3) is 0 Å². The van der Waals surface area contributed by atoms with Crippen LogP contribution in [0, 0.1) is 11.6 Å². The van der Waals surface area contributed by atoms with Crippen LogP contribution in [0.1, 0.15) is 43.0 Å². The van der Waals surface area contributed by atoms with Crippen LogP contribution < -0.4 is 5.32 Å². The first-order chi connectivity index (χ1) is 12.3. The molecule has 0 radical (unpaired) electrons. The van der Waals surface area contributed by atoms with Crippen molar-refractivity contribution in [3.63, 3.8) is 0 Å². The fraction of sp³-hybridized carbons (Fsp3) is 0.333. The minimum Gasteiger partial charge on any atom is -0.478 e. The normalized spacial score (nSPS) is 21.0. The van der Waals surface area contributed by atoms with Crippen molar-refractivity contribution in [1.29, 1.82) is 0 Å². The van der Waals surface area contributed by atoms with E-state index in [-0.39, 0.29) is 29.7 Å². The van der Waals surface area contributed by atoms with Gasteiger partial charge in [0, 0.05) is 35.2 Å². The summed E-state index contributed by atoms with van der Waals surface area (Å²) in [4.78, 5) is 24.1. The summed E-state index contributed by atoms with van der Waals surface area (Å²) in [5.41, 5.74) is -1.41. The lowest BCUT2D eigenvalue weighted by Gasteiger charge is -2.30. The number of hydrogen-bond acceptors (Lipinski definition) is 3. The average molecular weight is 369 g/mol. The number of rotatable bonds is 4. The maximum absolute atomic E-state index is 14.2. The van der Waals surface area contributed by atoms with Crippen LogP contribution in [0.2, 0.25) is 0 Å². The van der Waals surface area contributed by atoms with Crippen molar-refractivity contribution < 1.29 is 32.3 Å². The van der Waals surface area contributed by atoms with Gasteiger partial charge >= 0.3 is 5.97 Å². The van der Waals surface area contributed by atoms with Gasteiger partial charge in [-0.2, -0.15) is 0 Å². The van der Waals surface area contributed by atoms with Crippen LogP contribution in [0.4, 0.5) is 17.6 Å². The molecule has 0 amide bonds. The number of carbonyl (C=O) groups excluding carboxylic acids is 1. The highest BCUT2D eigenvalue weighted by Gasteiger charge is 2.42. The lowest BCUT2D eigenvalue weighted by atomic mass is 9.77. The van der Waals surface area contributed by atoms with Crippen LogP contribution in [0.25, 0.3) is 0 Å². The number of allylic oxidation sites excluding steroid dienone is 3. The van der Waals surface area contributed by atoms with E-state index in [1.54, 1.807) is 0 Å². The molecular weight excluding hydrogens is 354 g/mol. The van der Waals surface area contributed by atoms with Crippen LogP contribution in [0.15, 0.2) is 34.7 Å². The van der Waals surface area contributed by atoms with Crippen LogP contribution >= 0.6 is 0 Å². The average Bonchev–Trinajstić information content (AvgIpc) is 2.92. The zero-order chi connectivity index (χ0) is 19.2. The summed E-state index contributed by atoms with van der Waals surface area (Å²) < 4.78 is 55.6. The summed E-state index contributed by atoms with van der Waals surface area (Å²) in [5, 5.41) is 12.2. The second kappa shape index (κ2) is 6.59. The van der Waals surface area contributed by atoms with Gasteiger partial charge in [-0.1, -0.05) is 0 Å². The van der Waals surface area contributed by atoms with Crippen molar-refractivity contribution in [2.24, 2.45) is 0 Å². The summed E-state index contributed by atoms with van der Waals surface area (Å²) in [7, 11) is 0. The van der Waals surface area contributed by atoms with Crippen molar-refractivity contribution >= 4 is 11.8 Å². The predicted octanol–water partition coefficient (Wildman–Crippen LogP) is 3.61. The fourth-order valence-corrected chi connectivity index (χ4v) is 3.64. The Bertz CT molecular complexity index is 873. The summed E-state index contributed by atoms with van der Waals surface area (Å²) in [6.07, 6.45) is -1.61. The molecule has 0 unspecified atom stereocenters. The van der Waals surface area contributed by atoms with E-state index < -0.39 is 53.3 Å².